The van der Waals surface area contributed by atoms with Crippen LogP contribution in [0.4, 0.5) is 13.2 Å². The van der Waals surface area contributed by atoms with E-state index < -0.39 is 11.7 Å². The average molecular weight is 408 g/mol. The minimum absolute atomic E-state index is 0.0316. The van der Waals surface area contributed by atoms with Crippen LogP contribution in [0.15, 0.2) is 94.4 Å². The number of hydrazone groups is 1. The zero-order chi connectivity index (χ0) is 21.0. The van der Waals surface area contributed by atoms with E-state index in [1.807, 2.05) is 60.7 Å². The summed E-state index contributed by atoms with van der Waals surface area (Å²) in [6, 6.07) is 25.4. The molecule has 0 amide bonds. The van der Waals surface area contributed by atoms with Crippen molar-refractivity contribution in [2.45, 2.75) is 19.3 Å². The van der Waals surface area contributed by atoms with Gasteiger partial charge in [-0.3, -0.25) is 5.01 Å². The van der Waals surface area contributed by atoms with Gasteiger partial charge in [0.2, 0.25) is 0 Å². The van der Waals surface area contributed by atoms with Crippen molar-refractivity contribution in [3.05, 3.63) is 107 Å². The van der Waals surface area contributed by atoms with Crippen LogP contribution in [0.2, 0.25) is 0 Å². The molecule has 0 aliphatic heterocycles. The molecular weight excluding hydrogens is 389 g/mol. The Morgan fingerprint density at radius 1 is 0.767 bits per heavy atom. The quantitative estimate of drug-likeness (QED) is 0.270. The SMILES string of the molecule is FC(F)(F)c1c(/C=N/N(Cc2ccccc2)Cc2ccccc2)oc2ccccc12. The monoisotopic (exact) mass is 408 g/mol. The lowest BCUT2D eigenvalue weighted by atomic mass is 10.1. The van der Waals surface area contributed by atoms with Crippen molar-refractivity contribution in [3.63, 3.8) is 0 Å². The standard InChI is InChI=1S/C24H19F3N2O/c25-24(26,27)23-20-13-7-8-14-21(20)30-22(23)15-28-29(16-18-9-3-1-4-10-18)17-19-11-5-2-6-12-19/h1-15H,16-17H2/b28-15+. The molecule has 0 aliphatic carbocycles. The molecule has 4 rings (SSSR count). The summed E-state index contributed by atoms with van der Waals surface area (Å²) in [4.78, 5) is 0. The van der Waals surface area contributed by atoms with E-state index in [9.17, 15) is 13.2 Å². The predicted molar refractivity (Wildman–Crippen MR) is 111 cm³/mol. The number of halogens is 3. The molecule has 6 heteroatoms. The van der Waals surface area contributed by atoms with Crippen LogP contribution in [0, 0.1) is 0 Å². The third-order valence-corrected chi connectivity index (χ3v) is 4.66. The summed E-state index contributed by atoms with van der Waals surface area (Å²) >= 11 is 0. The van der Waals surface area contributed by atoms with Gasteiger partial charge in [-0.15, -0.1) is 0 Å². The first kappa shape index (κ1) is 19.8. The van der Waals surface area contributed by atoms with Crippen LogP contribution in [0.25, 0.3) is 11.0 Å². The molecule has 4 aromatic rings. The van der Waals surface area contributed by atoms with Crippen LogP contribution in [0.5, 0.6) is 0 Å². The van der Waals surface area contributed by atoms with E-state index >= 15 is 0 Å². The fourth-order valence-corrected chi connectivity index (χ4v) is 3.31. The summed E-state index contributed by atoms with van der Waals surface area (Å²) in [6.07, 6.45) is -3.38. The molecule has 0 radical (unpaired) electrons. The molecule has 30 heavy (non-hydrogen) atoms. The van der Waals surface area contributed by atoms with Gasteiger partial charge in [0.15, 0.2) is 5.76 Å². The molecule has 0 N–H and O–H groups in total. The summed E-state index contributed by atoms with van der Waals surface area (Å²) in [5.74, 6) is -0.296. The molecule has 1 aromatic heterocycles. The Kier molecular flexibility index (Phi) is 5.57. The second kappa shape index (κ2) is 8.45. The lowest BCUT2D eigenvalue weighted by Gasteiger charge is -2.19. The number of alkyl halides is 3. The minimum atomic E-state index is -4.54. The summed E-state index contributed by atoms with van der Waals surface area (Å²) in [6.45, 7) is 0.904. The Morgan fingerprint density at radius 2 is 1.30 bits per heavy atom. The van der Waals surface area contributed by atoms with Crippen molar-refractivity contribution in [2.75, 3.05) is 0 Å². The van der Waals surface area contributed by atoms with Crippen molar-refractivity contribution >= 4 is 17.2 Å². The van der Waals surface area contributed by atoms with Gasteiger partial charge in [0.25, 0.3) is 0 Å². The molecule has 3 aromatic carbocycles. The van der Waals surface area contributed by atoms with Crippen LogP contribution in [0.1, 0.15) is 22.5 Å². The highest BCUT2D eigenvalue weighted by Gasteiger charge is 2.38. The molecule has 0 atom stereocenters. The van der Waals surface area contributed by atoms with Gasteiger partial charge in [0.1, 0.15) is 11.1 Å². The average Bonchev–Trinajstić information content (AvgIpc) is 3.12. The smallest absolute Gasteiger partial charge is 0.420 e. The van der Waals surface area contributed by atoms with Crippen LogP contribution in [0.3, 0.4) is 0 Å². The van der Waals surface area contributed by atoms with Crippen LogP contribution >= 0.6 is 0 Å². The number of benzene rings is 3. The second-order valence-electron chi connectivity index (χ2n) is 6.87. The minimum Gasteiger partial charge on any atom is -0.454 e. The molecule has 0 unspecified atom stereocenters. The van der Waals surface area contributed by atoms with E-state index in [-0.39, 0.29) is 16.7 Å². The van der Waals surface area contributed by atoms with Crippen molar-refractivity contribution in [1.82, 2.24) is 5.01 Å². The number of hydrogen-bond acceptors (Lipinski definition) is 3. The van der Waals surface area contributed by atoms with E-state index in [1.165, 1.54) is 12.1 Å². The summed E-state index contributed by atoms with van der Waals surface area (Å²) in [7, 11) is 0. The normalized spacial score (nSPS) is 12.0. The van der Waals surface area contributed by atoms with Crippen LogP contribution < -0.4 is 0 Å². The van der Waals surface area contributed by atoms with E-state index in [2.05, 4.69) is 5.10 Å². The Morgan fingerprint density at radius 3 is 1.87 bits per heavy atom. The van der Waals surface area contributed by atoms with Gasteiger partial charge in [-0.25, -0.2) is 0 Å². The fourth-order valence-electron chi connectivity index (χ4n) is 3.31. The molecular formula is C24H19F3N2O. The van der Waals surface area contributed by atoms with Crippen LogP contribution in [-0.4, -0.2) is 11.2 Å². The van der Waals surface area contributed by atoms with E-state index in [1.54, 1.807) is 17.1 Å². The molecule has 0 bridgehead atoms. The van der Waals surface area contributed by atoms with E-state index in [0.717, 1.165) is 17.3 Å². The van der Waals surface area contributed by atoms with Gasteiger partial charge in [-0.1, -0.05) is 78.9 Å². The van der Waals surface area contributed by atoms with Crippen molar-refractivity contribution < 1.29 is 17.6 Å². The molecule has 3 nitrogen and oxygen atoms in total. The van der Waals surface area contributed by atoms with Gasteiger partial charge in [0, 0.05) is 5.39 Å². The third kappa shape index (κ3) is 4.54. The number of furan rings is 1. The van der Waals surface area contributed by atoms with E-state index in [4.69, 9.17) is 4.42 Å². The maximum absolute atomic E-state index is 13.7. The Balaban J connectivity index is 1.68. The van der Waals surface area contributed by atoms with Gasteiger partial charge >= 0.3 is 6.18 Å². The first-order valence-corrected chi connectivity index (χ1v) is 9.46. The van der Waals surface area contributed by atoms with Crippen molar-refractivity contribution in [2.24, 2.45) is 5.10 Å². The number of rotatable bonds is 6. The van der Waals surface area contributed by atoms with Crippen LogP contribution in [-0.2, 0) is 19.3 Å². The highest BCUT2D eigenvalue weighted by atomic mass is 19.4. The number of para-hydroxylation sites is 1. The van der Waals surface area contributed by atoms with E-state index in [0.29, 0.717) is 13.1 Å². The van der Waals surface area contributed by atoms with Gasteiger partial charge in [-0.2, -0.15) is 18.3 Å². The largest absolute Gasteiger partial charge is 0.454 e. The van der Waals surface area contributed by atoms with Crippen molar-refractivity contribution in [3.8, 4) is 0 Å². The number of nitrogens with zero attached hydrogens (tertiary/aromatic N) is 2. The summed E-state index contributed by atoms with van der Waals surface area (Å²) in [5.41, 5.74) is 1.39. The summed E-state index contributed by atoms with van der Waals surface area (Å²) < 4.78 is 46.6. The van der Waals surface area contributed by atoms with Gasteiger partial charge in [0.05, 0.1) is 19.3 Å². The summed E-state index contributed by atoms with van der Waals surface area (Å²) in [5, 5.41) is 6.12. The molecule has 0 spiro atoms. The first-order chi connectivity index (χ1) is 14.5. The fraction of sp³-hybridized carbons (Fsp3) is 0.125. The highest BCUT2D eigenvalue weighted by molar-refractivity contribution is 5.91. The molecule has 1 heterocycles. The lowest BCUT2D eigenvalue weighted by Crippen LogP contribution is -2.17. The number of hydrogen-bond donors (Lipinski definition) is 0. The maximum atomic E-state index is 13.7. The highest BCUT2D eigenvalue weighted by Crippen LogP contribution is 2.38. The third-order valence-electron chi connectivity index (χ3n) is 4.66. The van der Waals surface area contributed by atoms with Gasteiger partial charge < -0.3 is 4.42 Å². The van der Waals surface area contributed by atoms with Crippen molar-refractivity contribution in [1.29, 1.82) is 0 Å². The zero-order valence-electron chi connectivity index (χ0n) is 16.0. The van der Waals surface area contributed by atoms with Gasteiger partial charge in [-0.05, 0) is 17.2 Å². The molecule has 0 saturated carbocycles. The maximum Gasteiger partial charge on any atom is 0.420 e. The Labute approximate surface area is 172 Å². The molecule has 0 saturated heterocycles. The molecule has 152 valence electrons. The Hall–Kier alpha value is -3.54. The molecule has 0 fully saturated rings. The second-order valence-corrected chi connectivity index (χ2v) is 6.87. The number of fused-ring (bicyclic) bond motifs is 1. The first-order valence-electron chi connectivity index (χ1n) is 9.46. The Bertz CT molecular complexity index is 1090. The predicted octanol–water partition coefficient (Wildman–Crippen LogP) is 6.49. The lowest BCUT2D eigenvalue weighted by molar-refractivity contribution is -0.136. The zero-order valence-corrected chi connectivity index (χ0v) is 16.0. The molecule has 0 aliphatic rings. The topological polar surface area (TPSA) is 28.7 Å².